The number of benzene rings is 3. The second kappa shape index (κ2) is 10.5. The van der Waals surface area contributed by atoms with Gasteiger partial charge in [0.25, 0.3) is 5.78 Å². The van der Waals surface area contributed by atoms with Crippen LogP contribution in [-0.2, 0) is 9.59 Å². The predicted octanol–water partition coefficient (Wildman–Crippen LogP) is 5.57. The van der Waals surface area contributed by atoms with Crippen molar-refractivity contribution in [2.24, 2.45) is 0 Å². The Morgan fingerprint density at radius 1 is 0.900 bits per heavy atom. The summed E-state index contributed by atoms with van der Waals surface area (Å²) in [6, 6.07) is 12.9. The van der Waals surface area contributed by atoms with Gasteiger partial charge in [0.15, 0.2) is 16.6 Å². The molecule has 0 spiro atoms. The molecular weight excluding hydrogens is 532 g/mol. The molecule has 1 N–H and O–H groups in total. The summed E-state index contributed by atoms with van der Waals surface area (Å²) in [5, 5.41) is 11.8. The first-order valence-electron chi connectivity index (χ1n) is 12.4. The van der Waals surface area contributed by atoms with E-state index in [4.69, 9.17) is 23.9 Å². The highest BCUT2D eigenvalue weighted by Gasteiger charge is 2.48. The van der Waals surface area contributed by atoms with E-state index in [0.29, 0.717) is 39.3 Å². The minimum Gasteiger partial charge on any atom is -0.507 e. The van der Waals surface area contributed by atoms with Crippen LogP contribution in [0.1, 0.15) is 28.3 Å². The van der Waals surface area contributed by atoms with Crippen molar-refractivity contribution in [2.45, 2.75) is 19.9 Å². The average Bonchev–Trinajstić information content (AvgIpc) is 3.50. The van der Waals surface area contributed by atoms with Gasteiger partial charge in [0, 0.05) is 5.56 Å². The monoisotopic (exact) mass is 560 g/mol. The Morgan fingerprint density at radius 3 is 2.12 bits per heavy atom. The maximum absolute atomic E-state index is 13.7. The Hall–Kier alpha value is -4.57. The van der Waals surface area contributed by atoms with E-state index in [1.54, 1.807) is 36.4 Å². The number of methoxy groups -OCH3 is 4. The van der Waals surface area contributed by atoms with Crippen LogP contribution < -0.4 is 23.8 Å². The van der Waals surface area contributed by atoms with Crippen molar-refractivity contribution in [1.82, 2.24) is 4.98 Å². The molecule has 10 heteroatoms. The summed E-state index contributed by atoms with van der Waals surface area (Å²) in [7, 11) is 5.98. The van der Waals surface area contributed by atoms with Crippen molar-refractivity contribution in [3.05, 3.63) is 76.4 Å². The van der Waals surface area contributed by atoms with E-state index in [0.717, 1.165) is 21.3 Å². The quantitative estimate of drug-likeness (QED) is 0.178. The van der Waals surface area contributed by atoms with Gasteiger partial charge in [-0.1, -0.05) is 17.4 Å². The zero-order valence-corrected chi connectivity index (χ0v) is 23.7. The number of amides is 1. The number of ketones is 1. The summed E-state index contributed by atoms with van der Waals surface area (Å²) >= 11 is 1.30. The van der Waals surface area contributed by atoms with Gasteiger partial charge >= 0.3 is 5.91 Å². The van der Waals surface area contributed by atoms with Gasteiger partial charge in [-0.15, -0.1) is 0 Å². The standard InChI is InChI=1S/C30H28N2O7S/c1-15-11-16(2)24-22(12-15)40-30(31-24)32-25(18-13-20(37-4)28(39-6)21(14-18)38-5)23(27(34)29(32)35)26(33)17-7-9-19(36-3)10-8-17/h7-14,25,33H,1-6H3/b26-23+. The fraction of sp³-hybridized carbons (Fsp3) is 0.233. The molecule has 40 heavy (non-hydrogen) atoms. The van der Waals surface area contributed by atoms with Gasteiger partial charge in [0.1, 0.15) is 11.5 Å². The lowest BCUT2D eigenvalue weighted by molar-refractivity contribution is -0.132. The third-order valence-electron chi connectivity index (χ3n) is 6.84. The highest BCUT2D eigenvalue weighted by molar-refractivity contribution is 7.22. The second-order valence-electron chi connectivity index (χ2n) is 9.28. The van der Waals surface area contributed by atoms with Crippen LogP contribution in [0.5, 0.6) is 23.0 Å². The normalized spacial score (nSPS) is 16.4. The number of rotatable bonds is 7. The van der Waals surface area contributed by atoms with Crippen LogP contribution in [0, 0.1) is 13.8 Å². The Kier molecular flexibility index (Phi) is 7.12. The summed E-state index contributed by atoms with van der Waals surface area (Å²) in [6.07, 6.45) is 0. The molecule has 0 aliphatic carbocycles. The number of anilines is 1. The summed E-state index contributed by atoms with van der Waals surface area (Å²) in [5.41, 5.74) is 3.49. The highest BCUT2D eigenvalue weighted by atomic mass is 32.1. The molecule has 1 aliphatic heterocycles. The van der Waals surface area contributed by atoms with E-state index >= 15 is 0 Å². The molecular formula is C30H28N2O7S. The van der Waals surface area contributed by atoms with Crippen LogP contribution in [0.4, 0.5) is 5.13 Å². The van der Waals surface area contributed by atoms with E-state index in [9.17, 15) is 14.7 Å². The zero-order valence-electron chi connectivity index (χ0n) is 22.9. The Bertz CT molecular complexity index is 1650. The molecule has 5 rings (SSSR count). The molecule has 1 unspecified atom stereocenters. The lowest BCUT2D eigenvalue weighted by Crippen LogP contribution is -2.29. The maximum atomic E-state index is 13.7. The van der Waals surface area contributed by atoms with Crippen LogP contribution in [0.3, 0.4) is 0 Å². The molecule has 0 radical (unpaired) electrons. The molecule has 206 valence electrons. The molecule has 4 aromatic rings. The van der Waals surface area contributed by atoms with E-state index in [1.165, 1.54) is 44.7 Å². The van der Waals surface area contributed by atoms with Crippen LogP contribution >= 0.6 is 11.3 Å². The van der Waals surface area contributed by atoms with E-state index in [2.05, 4.69) is 0 Å². The van der Waals surface area contributed by atoms with E-state index < -0.39 is 17.7 Å². The van der Waals surface area contributed by atoms with Gasteiger partial charge in [-0.2, -0.15) is 0 Å². The summed E-state index contributed by atoms with van der Waals surface area (Å²) in [4.78, 5) is 33.4. The maximum Gasteiger partial charge on any atom is 0.301 e. The minimum atomic E-state index is -1.03. The summed E-state index contributed by atoms with van der Waals surface area (Å²) < 4.78 is 22.7. The number of fused-ring (bicyclic) bond motifs is 1. The number of aliphatic hydroxyl groups excluding tert-OH is 1. The topological polar surface area (TPSA) is 107 Å². The number of hydrogen-bond donors (Lipinski definition) is 1. The largest absolute Gasteiger partial charge is 0.507 e. The first-order chi connectivity index (χ1) is 19.2. The molecule has 1 amide bonds. The lowest BCUT2D eigenvalue weighted by atomic mass is 9.94. The smallest absolute Gasteiger partial charge is 0.301 e. The fourth-order valence-corrected chi connectivity index (χ4v) is 6.14. The molecule has 1 aromatic heterocycles. The number of thiazole rings is 1. The van der Waals surface area contributed by atoms with Gasteiger partial charge in [-0.3, -0.25) is 14.5 Å². The Labute approximate surface area is 235 Å². The van der Waals surface area contributed by atoms with E-state index in [1.807, 2.05) is 26.0 Å². The van der Waals surface area contributed by atoms with Crippen LogP contribution in [0.15, 0.2) is 54.1 Å². The number of aliphatic hydroxyl groups is 1. The SMILES string of the molecule is COc1ccc(/C(O)=C2\C(=O)C(=O)N(c3nc4c(C)cc(C)cc4s3)C2c2cc(OC)c(OC)c(OC)c2)cc1. The lowest BCUT2D eigenvalue weighted by Gasteiger charge is -2.24. The van der Waals surface area contributed by atoms with Crippen molar-refractivity contribution in [1.29, 1.82) is 0 Å². The third-order valence-corrected chi connectivity index (χ3v) is 7.84. The number of carbonyl (C=O) groups is 2. The molecule has 1 saturated heterocycles. The van der Waals surface area contributed by atoms with Crippen LogP contribution in [0.2, 0.25) is 0 Å². The van der Waals surface area contributed by atoms with Crippen molar-refractivity contribution >= 4 is 44.1 Å². The number of nitrogens with zero attached hydrogens (tertiary/aromatic N) is 2. The first kappa shape index (κ1) is 27.0. The number of aryl methyl sites for hydroxylation is 2. The molecule has 1 aliphatic rings. The molecule has 3 aromatic carbocycles. The number of aromatic nitrogens is 1. The molecule has 2 heterocycles. The molecule has 9 nitrogen and oxygen atoms in total. The van der Waals surface area contributed by atoms with Crippen molar-refractivity contribution in [2.75, 3.05) is 33.3 Å². The average molecular weight is 561 g/mol. The molecule has 1 atom stereocenters. The Morgan fingerprint density at radius 2 is 1.55 bits per heavy atom. The number of Topliss-reactive ketones (excluding diaryl/α,β-unsaturated/α-hetero) is 1. The molecule has 0 bridgehead atoms. The zero-order chi connectivity index (χ0) is 28.7. The second-order valence-corrected chi connectivity index (χ2v) is 10.3. The highest BCUT2D eigenvalue weighted by Crippen LogP contribution is 2.48. The van der Waals surface area contributed by atoms with Gasteiger partial charge < -0.3 is 24.1 Å². The number of carbonyl (C=O) groups excluding carboxylic acids is 2. The number of hydrogen-bond acceptors (Lipinski definition) is 9. The predicted molar refractivity (Wildman–Crippen MR) is 153 cm³/mol. The van der Waals surface area contributed by atoms with Gasteiger partial charge in [-0.05, 0) is 73.0 Å². The first-order valence-corrected chi connectivity index (χ1v) is 13.2. The fourth-order valence-electron chi connectivity index (χ4n) is 4.97. The molecule has 1 fully saturated rings. The van der Waals surface area contributed by atoms with E-state index in [-0.39, 0.29) is 11.3 Å². The molecule has 0 saturated carbocycles. The number of ether oxygens (including phenoxy) is 4. The summed E-state index contributed by atoms with van der Waals surface area (Å²) in [6.45, 7) is 3.94. The third kappa shape index (κ3) is 4.40. The van der Waals surface area contributed by atoms with Crippen LogP contribution in [-0.4, -0.2) is 50.2 Å². The van der Waals surface area contributed by atoms with Crippen LogP contribution in [0.25, 0.3) is 16.0 Å². The van der Waals surface area contributed by atoms with Crippen molar-refractivity contribution in [3.8, 4) is 23.0 Å². The Balaban J connectivity index is 1.78. The van der Waals surface area contributed by atoms with Gasteiger partial charge in [0.2, 0.25) is 5.75 Å². The van der Waals surface area contributed by atoms with Crippen molar-refractivity contribution < 1.29 is 33.6 Å². The van der Waals surface area contributed by atoms with Crippen molar-refractivity contribution in [3.63, 3.8) is 0 Å². The van der Waals surface area contributed by atoms with Gasteiger partial charge in [-0.25, -0.2) is 4.98 Å². The minimum absolute atomic E-state index is 0.0865. The summed E-state index contributed by atoms with van der Waals surface area (Å²) in [5.74, 6) is -0.354. The van der Waals surface area contributed by atoms with Gasteiger partial charge in [0.05, 0.1) is 50.3 Å².